The molecular weight excluding hydrogens is 654 g/mol. The zero-order valence-electron chi connectivity index (χ0n) is 23.0. The number of hydrogen-bond acceptors (Lipinski definition) is 6. The zero-order chi connectivity index (χ0) is 29.6. The highest BCUT2D eigenvalue weighted by Gasteiger charge is 2.37. The highest BCUT2D eigenvalue weighted by Crippen LogP contribution is 2.42. The van der Waals surface area contributed by atoms with Gasteiger partial charge in [-0.3, -0.25) is 9.80 Å². The van der Waals surface area contributed by atoms with E-state index in [4.69, 9.17) is 55.9 Å². The van der Waals surface area contributed by atoms with E-state index in [-0.39, 0.29) is 37.7 Å². The van der Waals surface area contributed by atoms with Gasteiger partial charge in [0, 0.05) is 58.4 Å². The summed E-state index contributed by atoms with van der Waals surface area (Å²) in [4.78, 5) is 4.40. The second-order valence-electron chi connectivity index (χ2n) is 9.95. The molecule has 4 aromatic rings. The van der Waals surface area contributed by atoms with Crippen molar-refractivity contribution in [3.05, 3.63) is 116 Å². The van der Waals surface area contributed by atoms with E-state index in [0.717, 1.165) is 11.1 Å². The number of halogens is 5. The van der Waals surface area contributed by atoms with Crippen LogP contribution >= 0.6 is 58.8 Å². The number of ether oxygens (including phenoxy) is 2. The Balaban J connectivity index is 0.00000423. The maximum absolute atomic E-state index is 10.1. The average Bonchev–Trinajstić information content (AvgIpc) is 2.97. The number of benzene rings is 4. The molecule has 0 spiro atoms. The first-order valence-corrected chi connectivity index (χ1v) is 15.0. The number of piperazine rings is 1. The second kappa shape index (κ2) is 15.7. The quantitative estimate of drug-likeness (QED) is 0.174. The largest absolute Gasteiger partial charge is 0.457 e. The van der Waals surface area contributed by atoms with Gasteiger partial charge in [-0.2, -0.15) is 0 Å². The van der Waals surface area contributed by atoms with Crippen molar-refractivity contribution in [2.75, 3.05) is 39.4 Å². The van der Waals surface area contributed by atoms with Crippen molar-refractivity contribution in [3.8, 4) is 23.0 Å². The molecule has 6 nitrogen and oxygen atoms in total. The maximum atomic E-state index is 10.1. The summed E-state index contributed by atoms with van der Waals surface area (Å²) in [5.41, 5.74) is 1.78. The number of aliphatic hydroxyl groups excluding tert-OH is 2. The molecule has 0 aromatic heterocycles. The molecule has 0 radical (unpaired) electrons. The van der Waals surface area contributed by atoms with Gasteiger partial charge in [-0.1, -0.05) is 58.5 Å². The van der Waals surface area contributed by atoms with Crippen molar-refractivity contribution < 1.29 is 19.7 Å². The van der Waals surface area contributed by atoms with Crippen LogP contribution in [0.2, 0.25) is 20.1 Å². The van der Waals surface area contributed by atoms with Gasteiger partial charge in [-0.15, -0.1) is 12.4 Å². The Labute approximate surface area is 277 Å². The molecule has 0 amide bonds. The van der Waals surface area contributed by atoms with E-state index in [1.807, 2.05) is 24.3 Å². The summed E-state index contributed by atoms with van der Waals surface area (Å²) < 4.78 is 12.0. The molecule has 0 aliphatic carbocycles. The minimum absolute atomic E-state index is 0. The molecule has 0 bridgehead atoms. The van der Waals surface area contributed by atoms with Crippen LogP contribution < -0.4 is 9.47 Å². The van der Waals surface area contributed by atoms with E-state index in [2.05, 4.69) is 9.80 Å². The predicted molar refractivity (Wildman–Crippen MR) is 176 cm³/mol. The van der Waals surface area contributed by atoms with Crippen LogP contribution in [0.1, 0.15) is 23.2 Å². The molecule has 228 valence electrons. The molecule has 5 rings (SSSR count). The summed E-state index contributed by atoms with van der Waals surface area (Å²) in [7, 11) is 0. The van der Waals surface area contributed by atoms with E-state index in [0.29, 0.717) is 69.3 Å². The monoisotopic (exact) mass is 682 g/mol. The van der Waals surface area contributed by atoms with Crippen LogP contribution in [0, 0.1) is 0 Å². The van der Waals surface area contributed by atoms with E-state index < -0.39 is 0 Å². The van der Waals surface area contributed by atoms with Crippen LogP contribution in [0.5, 0.6) is 23.0 Å². The average molecular weight is 685 g/mol. The van der Waals surface area contributed by atoms with Gasteiger partial charge in [0.1, 0.15) is 23.0 Å². The van der Waals surface area contributed by atoms with Crippen LogP contribution in [-0.4, -0.2) is 59.4 Å². The van der Waals surface area contributed by atoms with E-state index in [9.17, 15) is 10.2 Å². The van der Waals surface area contributed by atoms with Gasteiger partial charge >= 0.3 is 0 Å². The van der Waals surface area contributed by atoms with Crippen LogP contribution in [0.4, 0.5) is 0 Å². The summed E-state index contributed by atoms with van der Waals surface area (Å²) in [6, 6.07) is 25.1. The van der Waals surface area contributed by atoms with Crippen molar-refractivity contribution in [3.63, 3.8) is 0 Å². The highest BCUT2D eigenvalue weighted by molar-refractivity contribution is 6.32. The topological polar surface area (TPSA) is 65.4 Å². The van der Waals surface area contributed by atoms with E-state index >= 15 is 0 Å². The lowest BCUT2D eigenvalue weighted by molar-refractivity contribution is 0.00442. The molecule has 1 fully saturated rings. The van der Waals surface area contributed by atoms with Crippen molar-refractivity contribution in [2.45, 2.75) is 12.1 Å². The fraction of sp³-hybridized carbons (Fsp3) is 0.250. The fourth-order valence-corrected chi connectivity index (χ4v) is 6.10. The molecule has 4 aromatic carbocycles. The van der Waals surface area contributed by atoms with Gasteiger partial charge < -0.3 is 19.7 Å². The van der Waals surface area contributed by atoms with E-state index in [1.54, 1.807) is 60.7 Å². The van der Waals surface area contributed by atoms with Crippen LogP contribution in [0.3, 0.4) is 0 Å². The summed E-state index contributed by atoms with van der Waals surface area (Å²) >= 11 is 25.7. The van der Waals surface area contributed by atoms with Crippen LogP contribution in [-0.2, 0) is 0 Å². The molecule has 2 unspecified atom stereocenters. The Bertz CT molecular complexity index is 1380. The van der Waals surface area contributed by atoms with Crippen molar-refractivity contribution in [2.24, 2.45) is 0 Å². The summed E-state index contributed by atoms with van der Waals surface area (Å²) in [5, 5.41) is 22.2. The molecule has 0 saturated carbocycles. The number of aliphatic hydroxyl groups is 2. The Morgan fingerprint density at radius 2 is 0.977 bits per heavy atom. The lowest BCUT2D eigenvalue weighted by Gasteiger charge is -2.47. The molecule has 43 heavy (non-hydrogen) atoms. The minimum atomic E-state index is -0.180. The molecule has 2 N–H and O–H groups in total. The van der Waals surface area contributed by atoms with Gasteiger partial charge in [0.2, 0.25) is 0 Å². The molecular formula is C32H31Cl5N2O4. The Morgan fingerprint density at radius 3 is 1.35 bits per heavy atom. The van der Waals surface area contributed by atoms with Crippen molar-refractivity contribution in [1.82, 2.24) is 9.80 Å². The number of nitrogens with zero attached hydrogens (tertiary/aromatic N) is 2. The smallest absolute Gasteiger partial charge is 0.128 e. The third-order valence-corrected chi connectivity index (χ3v) is 8.36. The Kier molecular flexibility index (Phi) is 12.3. The van der Waals surface area contributed by atoms with Crippen LogP contribution in [0.25, 0.3) is 0 Å². The van der Waals surface area contributed by atoms with Crippen molar-refractivity contribution in [1.29, 1.82) is 0 Å². The second-order valence-corrected chi connectivity index (χ2v) is 11.6. The Hall–Kier alpha value is -2.23. The first kappa shape index (κ1) is 33.7. The molecule has 1 aliphatic heterocycles. The van der Waals surface area contributed by atoms with Gasteiger partial charge in [0.05, 0.1) is 13.2 Å². The minimum Gasteiger partial charge on any atom is -0.457 e. The first-order chi connectivity index (χ1) is 20.3. The molecule has 1 aliphatic rings. The number of rotatable bonds is 10. The third kappa shape index (κ3) is 8.49. The molecule has 1 heterocycles. The number of β-amino-alcohol motifs (C(OH)–C–C–N with tert-alkyl or cyclic N) is 2. The lowest BCUT2D eigenvalue weighted by Crippen LogP contribution is -2.51. The first-order valence-electron chi connectivity index (χ1n) is 13.5. The predicted octanol–water partition coefficient (Wildman–Crippen LogP) is 8.69. The summed E-state index contributed by atoms with van der Waals surface area (Å²) in [6.45, 7) is 2.10. The highest BCUT2D eigenvalue weighted by atomic mass is 35.5. The molecule has 11 heteroatoms. The number of hydrogen-bond donors (Lipinski definition) is 2. The molecule has 1 saturated heterocycles. The normalized spacial score (nSPS) is 17.3. The fourth-order valence-electron chi connectivity index (χ4n) is 5.26. The van der Waals surface area contributed by atoms with Gasteiger partial charge in [-0.25, -0.2) is 0 Å². The standard InChI is InChI=1S/C32H30Cl4N2O4.ClH/c33-21-1-5-23(6-2-21)41-25-9-11-27(29(35)17-25)31-19-37(13-15-39)20-32(38(31)14-16-40)28-12-10-26(18-30(28)36)42-24-7-3-22(34)4-8-24;/h1-12,17-18,31-32,39-40H,13-16,19-20H2;1H. The van der Waals surface area contributed by atoms with Crippen molar-refractivity contribution >= 4 is 58.8 Å². The van der Waals surface area contributed by atoms with Gasteiger partial charge in [0.25, 0.3) is 0 Å². The Morgan fingerprint density at radius 1 is 0.581 bits per heavy atom. The third-order valence-electron chi connectivity index (χ3n) is 7.20. The summed E-state index contributed by atoms with van der Waals surface area (Å²) in [5.74, 6) is 2.49. The SMILES string of the molecule is Cl.OCCN1CC(c2ccc(Oc3ccc(Cl)cc3)cc2Cl)N(CCO)C(c2ccc(Oc3ccc(Cl)cc3)cc2Cl)C1. The van der Waals surface area contributed by atoms with Gasteiger partial charge in [-0.05, 0) is 83.9 Å². The zero-order valence-corrected chi connectivity index (χ0v) is 26.8. The van der Waals surface area contributed by atoms with Crippen LogP contribution in [0.15, 0.2) is 84.9 Å². The van der Waals surface area contributed by atoms with E-state index in [1.165, 1.54) is 0 Å². The van der Waals surface area contributed by atoms with Gasteiger partial charge in [0.15, 0.2) is 0 Å². The lowest BCUT2D eigenvalue weighted by atomic mass is 9.94. The summed E-state index contributed by atoms with van der Waals surface area (Å²) in [6.07, 6.45) is 0. The maximum Gasteiger partial charge on any atom is 0.128 e. The molecule has 2 atom stereocenters.